The SMILES string of the molecule is C=C/C(N)=C\C(=C/C)c1cnc2n[nH]c(-c3cc4c(-c5cccc(F)c5)nccc4[nH]3)c2c1. The van der Waals surface area contributed by atoms with Crippen LogP contribution in [0.1, 0.15) is 12.5 Å². The first-order valence-corrected chi connectivity index (χ1v) is 10.4. The van der Waals surface area contributed by atoms with Gasteiger partial charge in [0.25, 0.3) is 0 Å². The minimum Gasteiger partial charge on any atom is -0.399 e. The largest absolute Gasteiger partial charge is 0.399 e. The summed E-state index contributed by atoms with van der Waals surface area (Å²) in [4.78, 5) is 12.4. The Morgan fingerprint density at radius 2 is 2.00 bits per heavy atom. The number of aromatic amines is 2. The molecule has 0 radical (unpaired) electrons. The number of nitrogens with one attached hydrogen (secondary N) is 2. The Bertz CT molecular complexity index is 1570. The molecule has 4 heterocycles. The van der Waals surface area contributed by atoms with E-state index in [1.54, 1.807) is 24.5 Å². The lowest BCUT2D eigenvalue weighted by Crippen LogP contribution is -1.93. The van der Waals surface area contributed by atoms with E-state index in [1.807, 2.05) is 43.3 Å². The van der Waals surface area contributed by atoms with E-state index in [0.717, 1.165) is 38.8 Å². The van der Waals surface area contributed by atoms with Gasteiger partial charge in [-0.05, 0) is 55.0 Å². The first kappa shape index (κ1) is 20.4. The van der Waals surface area contributed by atoms with E-state index in [0.29, 0.717) is 22.6 Å². The lowest BCUT2D eigenvalue weighted by atomic mass is 10.0. The number of benzene rings is 1. The Kier molecular flexibility index (Phi) is 5.06. The van der Waals surface area contributed by atoms with Crippen LogP contribution in [0.5, 0.6) is 0 Å². The second-order valence-corrected chi connectivity index (χ2v) is 7.60. The van der Waals surface area contributed by atoms with Crippen LogP contribution in [-0.4, -0.2) is 25.1 Å². The van der Waals surface area contributed by atoms with Crippen molar-refractivity contribution < 1.29 is 4.39 Å². The fraction of sp³-hybridized carbons (Fsp3) is 0.0385. The molecular formula is C26H21FN6. The van der Waals surface area contributed by atoms with E-state index in [-0.39, 0.29) is 5.82 Å². The molecule has 0 aliphatic rings. The lowest BCUT2D eigenvalue weighted by Gasteiger charge is -2.04. The number of hydrogen-bond acceptors (Lipinski definition) is 4. The number of nitrogens with zero attached hydrogens (tertiary/aromatic N) is 3. The van der Waals surface area contributed by atoms with E-state index in [9.17, 15) is 4.39 Å². The zero-order valence-electron chi connectivity index (χ0n) is 17.9. The summed E-state index contributed by atoms with van der Waals surface area (Å²) in [5.74, 6) is -0.300. The van der Waals surface area contributed by atoms with Gasteiger partial charge < -0.3 is 10.7 Å². The van der Waals surface area contributed by atoms with Gasteiger partial charge in [0.05, 0.1) is 17.1 Å². The highest BCUT2D eigenvalue weighted by Crippen LogP contribution is 2.33. The molecule has 4 N–H and O–H groups in total. The van der Waals surface area contributed by atoms with Crippen molar-refractivity contribution in [2.24, 2.45) is 5.73 Å². The minimum absolute atomic E-state index is 0.300. The summed E-state index contributed by atoms with van der Waals surface area (Å²) >= 11 is 0. The molecule has 162 valence electrons. The number of allylic oxidation sites excluding steroid dienone is 4. The number of H-pyrrole nitrogens is 2. The van der Waals surface area contributed by atoms with Gasteiger partial charge in [-0.25, -0.2) is 9.37 Å². The summed E-state index contributed by atoms with van der Waals surface area (Å²) in [6.07, 6.45) is 8.91. The van der Waals surface area contributed by atoms with E-state index in [2.05, 4.69) is 31.7 Å². The third kappa shape index (κ3) is 3.70. The zero-order valence-corrected chi connectivity index (χ0v) is 17.9. The fourth-order valence-electron chi connectivity index (χ4n) is 3.89. The number of fused-ring (bicyclic) bond motifs is 2. The Hall–Kier alpha value is -4.52. The zero-order chi connectivity index (χ0) is 22.9. The van der Waals surface area contributed by atoms with E-state index < -0.39 is 0 Å². The molecule has 0 saturated heterocycles. The van der Waals surface area contributed by atoms with Gasteiger partial charge in [-0.1, -0.05) is 24.8 Å². The lowest BCUT2D eigenvalue weighted by molar-refractivity contribution is 0.628. The molecule has 4 aromatic heterocycles. The van der Waals surface area contributed by atoms with Crippen molar-refractivity contribution in [1.29, 1.82) is 0 Å². The second-order valence-electron chi connectivity index (χ2n) is 7.60. The maximum absolute atomic E-state index is 13.8. The maximum Gasteiger partial charge on any atom is 0.181 e. The van der Waals surface area contributed by atoms with Crippen molar-refractivity contribution in [3.05, 3.63) is 96.7 Å². The van der Waals surface area contributed by atoms with Crippen LogP contribution in [0.15, 0.2) is 85.4 Å². The standard InChI is InChI=1S/C26H21FN6/c1-3-15(11-19(28)4-2)17-12-21-25(32-33-26(21)30-14-17)23-13-20-22(31-23)8-9-29-24(20)16-6-5-7-18(27)10-16/h3-14,31H,2,28H2,1H3,(H,30,32,33)/b15-3+,19-11+. The Morgan fingerprint density at radius 1 is 1.12 bits per heavy atom. The van der Waals surface area contributed by atoms with Gasteiger partial charge in [0.1, 0.15) is 5.82 Å². The molecule has 0 amide bonds. The molecule has 1 aromatic carbocycles. The number of pyridine rings is 2. The van der Waals surface area contributed by atoms with Crippen molar-refractivity contribution in [2.45, 2.75) is 6.92 Å². The average Bonchev–Trinajstić information content (AvgIpc) is 3.45. The second kappa shape index (κ2) is 8.20. The fourth-order valence-corrected chi connectivity index (χ4v) is 3.89. The molecular weight excluding hydrogens is 415 g/mol. The van der Waals surface area contributed by atoms with Crippen LogP contribution in [-0.2, 0) is 0 Å². The number of halogens is 1. The highest BCUT2D eigenvalue weighted by molar-refractivity contribution is 5.99. The van der Waals surface area contributed by atoms with Crippen LogP contribution in [0, 0.1) is 5.82 Å². The molecule has 33 heavy (non-hydrogen) atoms. The molecule has 0 spiro atoms. The molecule has 5 rings (SSSR count). The highest BCUT2D eigenvalue weighted by atomic mass is 19.1. The summed E-state index contributed by atoms with van der Waals surface area (Å²) in [5, 5.41) is 9.21. The van der Waals surface area contributed by atoms with Crippen molar-refractivity contribution in [2.75, 3.05) is 0 Å². The summed E-state index contributed by atoms with van der Waals surface area (Å²) in [6.45, 7) is 5.66. The van der Waals surface area contributed by atoms with Gasteiger partial charge in [-0.15, -0.1) is 0 Å². The van der Waals surface area contributed by atoms with Gasteiger partial charge in [-0.3, -0.25) is 10.1 Å². The minimum atomic E-state index is -0.300. The summed E-state index contributed by atoms with van der Waals surface area (Å²) < 4.78 is 13.8. The molecule has 7 heteroatoms. The maximum atomic E-state index is 13.8. The quantitative estimate of drug-likeness (QED) is 0.306. The molecule has 0 saturated carbocycles. The number of aromatic nitrogens is 5. The number of nitrogens with two attached hydrogens (primary N) is 1. The van der Waals surface area contributed by atoms with Gasteiger partial charge in [0.15, 0.2) is 5.65 Å². The van der Waals surface area contributed by atoms with Gasteiger partial charge in [0, 0.05) is 45.5 Å². The van der Waals surface area contributed by atoms with Crippen LogP contribution >= 0.6 is 0 Å². The third-order valence-corrected chi connectivity index (χ3v) is 5.53. The molecule has 0 fully saturated rings. The first-order chi connectivity index (χ1) is 16.1. The molecule has 0 bridgehead atoms. The molecule has 0 atom stereocenters. The monoisotopic (exact) mass is 436 g/mol. The topological polar surface area (TPSA) is 96.3 Å². The van der Waals surface area contributed by atoms with Gasteiger partial charge in [0.2, 0.25) is 0 Å². The van der Waals surface area contributed by atoms with E-state index in [4.69, 9.17) is 5.73 Å². The Morgan fingerprint density at radius 3 is 2.79 bits per heavy atom. The normalized spacial score (nSPS) is 12.5. The molecule has 6 nitrogen and oxygen atoms in total. The average molecular weight is 436 g/mol. The van der Waals surface area contributed by atoms with E-state index in [1.165, 1.54) is 12.1 Å². The molecule has 0 aliphatic carbocycles. The molecule has 0 unspecified atom stereocenters. The van der Waals surface area contributed by atoms with Crippen LogP contribution in [0.4, 0.5) is 4.39 Å². The van der Waals surface area contributed by atoms with Crippen molar-refractivity contribution >= 4 is 27.5 Å². The summed E-state index contributed by atoms with van der Waals surface area (Å²) in [5.41, 5.74) is 12.9. The smallest absolute Gasteiger partial charge is 0.181 e. The molecule has 0 aliphatic heterocycles. The summed E-state index contributed by atoms with van der Waals surface area (Å²) in [6, 6.07) is 12.3. The Balaban J connectivity index is 1.64. The first-order valence-electron chi connectivity index (χ1n) is 10.4. The van der Waals surface area contributed by atoms with Crippen LogP contribution in [0.3, 0.4) is 0 Å². The van der Waals surface area contributed by atoms with Crippen molar-refractivity contribution in [3.63, 3.8) is 0 Å². The summed E-state index contributed by atoms with van der Waals surface area (Å²) in [7, 11) is 0. The van der Waals surface area contributed by atoms with Crippen molar-refractivity contribution in [1.82, 2.24) is 25.1 Å². The van der Waals surface area contributed by atoms with Gasteiger partial charge in [-0.2, -0.15) is 5.10 Å². The van der Waals surface area contributed by atoms with Crippen LogP contribution in [0.25, 0.3) is 50.2 Å². The van der Waals surface area contributed by atoms with Gasteiger partial charge >= 0.3 is 0 Å². The molecule has 5 aromatic rings. The predicted octanol–water partition coefficient (Wildman–Crippen LogP) is 5.74. The van der Waals surface area contributed by atoms with E-state index >= 15 is 0 Å². The number of rotatable bonds is 5. The number of hydrogen-bond donors (Lipinski definition) is 3. The predicted molar refractivity (Wildman–Crippen MR) is 130 cm³/mol. The Labute approximate surface area is 189 Å². The van der Waals surface area contributed by atoms with Crippen LogP contribution < -0.4 is 5.73 Å². The highest BCUT2D eigenvalue weighted by Gasteiger charge is 2.15. The van der Waals surface area contributed by atoms with Crippen molar-refractivity contribution in [3.8, 4) is 22.6 Å². The van der Waals surface area contributed by atoms with Crippen LogP contribution in [0.2, 0.25) is 0 Å². The third-order valence-electron chi connectivity index (χ3n) is 5.53.